The molecule has 4 nitrogen and oxygen atoms in total. The first kappa shape index (κ1) is 15.0. The molecule has 1 aromatic heterocycles. The van der Waals surface area contributed by atoms with Gasteiger partial charge >= 0.3 is 0 Å². The molecule has 0 spiro atoms. The van der Waals surface area contributed by atoms with E-state index >= 15 is 0 Å². The standard InChI is InChI=1S/C17H21N3O/c1-3-10-18-15-8-9-16(19-12-15)20-17(21)11-14-7-5-4-6-13(14)2/h4-9,12,18H,3,10-11H2,1-2H3,(H,19,20,21). The molecule has 0 aliphatic heterocycles. The zero-order valence-electron chi connectivity index (χ0n) is 12.5. The lowest BCUT2D eigenvalue weighted by Crippen LogP contribution is -2.16. The van der Waals surface area contributed by atoms with Gasteiger partial charge in [-0.2, -0.15) is 0 Å². The Morgan fingerprint density at radius 2 is 2.00 bits per heavy atom. The molecule has 21 heavy (non-hydrogen) atoms. The zero-order valence-corrected chi connectivity index (χ0v) is 12.5. The van der Waals surface area contributed by atoms with Crippen LogP contribution in [0, 0.1) is 6.92 Å². The van der Waals surface area contributed by atoms with Crippen molar-refractivity contribution < 1.29 is 4.79 Å². The molecule has 2 rings (SSSR count). The second kappa shape index (κ2) is 7.43. The fourth-order valence-electron chi connectivity index (χ4n) is 2.01. The minimum atomic E-state index is -0.0499. The number of rotatable bonds is 6. The van der Waals surface area contributed by atoms with Crippen LogP contribution < -0.4 is 10.6 Å². The third-order valence-electron chi connectivity index (χ3n) is 3.22. The molecule has 0 saturated carbocycles. The van der Waals surface area contributed by atoms with E-state index in [0.717, 1.165) is 29.8 Å². The van der Waals surface area contributed by atoms with Crippen LogP contribution in [0.1, 0.15) is 24.5 Å². The van der Waals surface area contributed by atoms with Crippen LogP contribution in [0.5, 0.6) is 0 Å². The van der Waals surface area contributed by atoms with E-state index in [2.05, 4.69) is 22.5 Å². The summed E-state index contributed by atoms with van der Waals surface area (Å²) in [6.07, 6.45) is 3.16. The molecule has 0 saturated heterocycles. The van der Waals surface area contributed by atoms with Crippen LogP contribution in [0.4, 0.5) is 11.5 Å². The highest BCUT2D eigenvalue weighted by atomic mass is 16.1. The fraction of sp³-hybridized carbons (Fsp3) is 0.294. The molecule has 0 unspecified atom stereocenters. The predicted molar refractivity (Wildman–Crippen MR) is 86.5 cm³/mol. The number of carbonyl (C=O) groups is 1. The summed E-state index contributed by atoms with van der Waals surface area (Å²) in [5.41, 5.74) is 3.13. The van der Waals surface area contributed by atoms with Crippen molar-refractivity contribution in [3.8, 4) is 0 Å². The predicted octanol–water partition coefficient (Wildman–Crippen LogP) is 3.39. The van der Waals surface area contributed by atoms with Gasteiger partial charge in [0.25, 0.3) is 0 Å². The van der Waals surface area contributed by atoms with Crippen LogP contribution in [0.25, 0.3) is 0 Å². The number of anilines is 2. The van der Waals surface area contributed by atoms with Gasteiger partial charge in [-0.1, -0.05) is 31.2 Å². The summed E-state index contributed by atoms with van der Waals surface area (Å²) in [6, 6.07) is 11.6. The van der Waals surface area contributed by atoms with Crippen LogP contribution in [0.3, 0.4) is 0 Å². The lowest BCUT2D eigenvalue weighted by Gasteiger charge is -2.08. The molecule has 0 atom stereocenters. The Labute approximate surface area is 125 Å². The van der Waals surface area contributed by atoms with Crippen molar-refractivity contribution in [2.24, 2.45) is 0 Å². The van der Waals surface area contributed by atoms with Gasteiger partial charge in [0.15, 0.2) is 0 Å². The molecule has 1 aromatic carbocycles. The highest BCUT2D eigenvalue weighted by molar-refractivity contribution is 5.91. The van der Waals surface area contributed by atoms with Gasteiger partial charge in [0.2, 0.25) is 5.91 Å². The quantitative estimate of drug-likeness (QED) is 0.854. The van der Waals surface area contributed by atoms with E-state index in [4.69, 9.17) is 0 Å². The highest BCUT2D eigenvalue weighted by Gasteiger charge is 2.06. The number of hydrogen-bond acceptors (Lipinski definition) is 3. The van der Waals surface area contributed by atoms with Gasteiger partial charge < -0.3 is 10.6 Å². The Kier molecular flexibility index (Phi) is 5.32. The number of amides is 1. The molecule has 0 radical (unpaired) electrons. The van der Waals surface area contributed by atoms with Crippen molar-refractivity contribution >= 4 is 17.4 Å². The summed E-state index contributed by atoms with van der Waals surface area (Å²) in [7, 11) is 0. The van der Waals surface area contributed by atoms with Gasteiger partial charge in [-0.25, -0.2) is 4.98 Å². The molecule has 1 heterocycles. The number of nitrogens with one attached hydrogen (secondary N) is 2. The molecular formula is C17H21N3O. The number of carbonyl (C=O) groups excluding carboxylic acids is 1. The average molecular weight is 283 g/mol. The second-order valence-corrected chi connectivity index (χ2v) is 5.01. The van der Waals surface area contributed by atoms with Crippen molar-refractivity contribution in [2.75, 3.05) is 17.2 Å². The van der Waals surface area contributed by atoms with E-state index in [1.807, 2.05) is 43.3 Å². The summed E-state index contributed by atoms with van der Waals surface area (Å²) in [5, 5.41) is 6.07. The van der Waals surface area contributed by atoms with Gasteiger partial charge in [-0.3, -0.25) is 4.79 Å². The van der Waals surface area contributed by atoms with E-state index in [0.29, 0.717) is 12.2 Å². The molecule has 2 N–H and O–H groups in total. The van der Waals surface area contributed by atoms with Crippen LogP contribution in [0.2, 0.25) is 0 Å². The van der Waals surface area contributed by atoms with Gasteiger partial charge in [0, 0.05) is 6.54 Å². The van der Waals surface area contributed by atoms with Gasteiger partial charge in [0.05, 0.1) is 18.3 Å². The average Bonchev–Trinajstić information content (AvgIpc) is 2.49. The van der Waals surface area contributed by atoms with Crippen LogP contribution in [-0.2, 0) is 11.2 Å². The molecule has 0 aliphatic rings. The maximum absolute atomic E-state index is 12.0. The summed E-state index contributed by atoms with van der Waals surface area (Å²) < 4.78 is 0. The number of nitrogens with zero attached hydrogens (tertiary/aromatic N) is 1. The molecule has 0 bridgehead atoms. The van der Waals surface area contributed by atoms with Crippen LogP contribution in [0.15, 0.2) is 42.6 Å². The minimum Gasteiger partial charge on any atom is -0.384 e. The maximum Gasteiger partial charge on any atom is 0.229 e. The smallest absolute Gasteiger partial charge is 0.229 e. The Morgan fingerprint density at radius 3 is 2.67 bits per heavy atom. The van der Waals surface area contributed by atoms with Gasteiger partial charge in [-0.05, 0) is 36.6 Å². The third kappa shape index (κ3) is 4.60. The van der Waals surface area contributed by atoms with Crippen molar-refractivity contribution in [3.63, 3.8) is 0 Å². The first-order valence-electron chi connectivity index (χ1n) is 7.23. The number of pyridine rings is 1. The Bertz CT molecular complexity index is 593. The van der Waals surface area contributed by atoms with Crippen LogP contribution >= 0.6 is 0 Å². The number of benzene rings is 1. The molecule has 4 heteroatoms. The molecule has 2 aromatic rings. The lowest BCUT2D eigenvalue weighted by atomic mass is 10.1. The normalized spacial score (nSPS) is 10.2. The van der Waals surface area contributed by atoms with Gasteiger partial charge in [0.1, 0.15) is 5.82 Å². The molecule has 1 amide bonds. The van der Waals surface area contributed by atoms with Crippen LogP contribution in [-0.4, -0.2) is 17.4 Å². The monoisotopic (exact) mass is 283 g/mol. The Balaban J connectivity index is 1.92. The lowest BCUT2D eigenvalue weighted by molar-refractivity contribution is -0.115. The van der Waals surface area contributed by atoms with E-state index in [-0.39, 0.29) is 5.91 Å². The number of aromatic nitrogens is 1. The number of hydrogen-bond donors (Lipinski definition) is 2. The largest absolute Gasteiger partial charge is 0.384 e. The first-order chi connectivity index (χ1) is 10.2. The van der Waals surface area contributed by atoms with E-state index < -0.39 is 0 Å². The topological polar surface area (TPSA) is 54.0 Å². The van der Waals surface area contributed by atoms with Gasteiger partial charge in [-0.15, -0.1) is 0 Å². The maximum atomic E-state index is 12.0. The zero-order chi connectivity index (χ0) is 15.1. The minimum absolute atomic E-state index is 0.0499. The molecule has 0 aliphatic carbocycles. The van der Waals surface area contributed by atoms with E-state index in [1.54, 1.807) is 6.20 Å². The van der Waals surface area contributed by atoms with E-state index in [9.17, 15) is 4.79 Å². The summed E-state index contributed by atoms with van der Waals surface area (Å²) in [4.78, 5) is 16.3. The molecular weight excluding hydrogens is 262 g/mol. The van der Waals surface area contributed by atoms with Crippen molar-refractivity contribution in [2.45, 2.75) is 26.7 Å². The highest BCUT2D eigenvalue weighted by Crippen LogP contribution is 2.12. The van der Waals surface area contributed by atoms with Crippen molar-refractivity contribution in [1.82, 2.24) is 4.98 Å². The van der Waals surface area contributed by atoms with Crippen molar-refractivity contribution in [3.05, 3.63) is 53.7 Å². The second-order valence-electron chi connectivity index (χ2n) is 5.01. The summed E-state index contributed by atoms with van der Waals surface area (Å²) in [5.74, 6) is 0.529. The first-order valence-corrected chi connectivity index (χ1v) is 7.23. The SMILES string of the molecule is CCCNc1ccc(NC(=O)Cc2ccccc2C)nc1. The summed E-state index contributed by atoms with van der Waals surface area (Å²) in [6.45, 7) is 5.04. The summed E-state index contributed by atoms with van der Waals surface area (Å²) >= 11 is 0. The van der Waals surface area contributed by atoms with E-state index in [1.165, 1.54) is 0 Å². The molecule has 0 fully saturated rings. The third-order valence-corrected chi connectivity index (χ3v) is 3.22. The Morgan fingerprint density at radius 1 is 1.19 bits per heavy atom. The fourth-order valence-corrected chi connectivity index (χ4v) is 2.01. The molecule has 110 valence electrons. The Hall–Kier alpha value is -2.36. The van der Waals surface area contributed by atoms with Crippen molar-refractivity contribution in [1.29, 1.82) is 0 Å². The number of aryl methyl sites for hydroxylation is 1.